The summed E-state index contributed by atoms with van der Waals surface area (Å²) in [4.78, 5) is 4.27. The smallest absolute Gasteiger partial charge is 0.419 e. The number of nitrogens with zero attached hydrogens (tertiary/aromatic N) is 2. The molecule has 0 fully saturated rings. The maximum atomic E-state index is 13.9. The zero-order valence-electron chi connectivity index (χ0n) is 20.0. The number of hydrogen-bond acceptors (Lipinski definition) is 5. The van der Waals surface area contributed by atoms with Gasteiger partial charge in [-0.05, 0) is 41.8 Å². The van der Waals surface area contributed by atoms with Crippen LogP contribution in [0.25, 0.3) is 22.4 Å². The third-order valence-corrected chi connectivity index (χ3v) is 5.77. The van der Waals surface area contributed by atoms with Crippen molar-refractivity contribution in [2.45, 2.75) is 31.7 Å². The molecule has 3 aromatic carbocycles. The van der Waals surface area contributed by atoms with Gasteiger partial charge in [0, 0.05) is 17.6 Å². The number of nitriles is 1. The van der Waals surface area contributed by atoms with Gasteiger partial charge in [-0.25, -0.2) is 4.98 Å². The molecule has 0 unspecified atom stereocenters. The van der Waals surface area contributed by atoms with Crippen LogP contribution in [0, 0.1) is 11.3 Å². The molecular weight excluding hydrogens is 479 g/mol. The molecule has 4 rings (SSSR count). The first-order valence-electron chi connectivity index (χ1n) is 11.4. The number of halogens is 3. The first kappa shape index (κ1) is 25.7. The molecular formula is C29H24F3N3O2. The van der Waals surface area contributed by atoms with Crippen LogP contribution < -0.4 is 10.5 Å². The Balaban J connectivity index is 1.54. The summed E-state index contributed by atoms with van der Waals surface area (Å²) in [6.07, 6.45) is -3.32. The highest BCUT2D eigenvalue weighted by Crippen LogP contribution is 2.39. The fourth-order valence-corrected chi connectivity index (χ4v) is 3.85. The summed E-state index contributed by atoms with van der Waals surface area (Å²) < 4.78 is 52.7. The van der Waals surface area contributed by atoms with E-state index in [0.29, 0.717) is 0 Å². The number of alkyl halides is 3. The highest BCUT2D eigenvalue weighted by Gasteiger charge is 2.35. The predicted molar refractivity (Wildman–Crippen MR) is 134 cm³/mol. The zero-order chi connectivity index (χ0) is 26.6. The summed E-state index contributed by atoms with van der Waals surface area (Å²) in [6, 6.07) is 22.9. The first-order chi connectivity index (χ1) is 17.6. The van der Waals surface area contributed by atoms with Crippen molar-refractivity contribution in [1.82, 2.24) is 4.98 Å². The third kappa shape index (κ3) is 6.08. The quantitative estimate of drug-likeness (QED) is 0.256. The van der Waals surface area contributed by atoms with Crippen LogP contribution in [0.1, 0.15) is 30.4 Å². The molecule has 0 saturated heterocycles. The van der Waals surface area contributed by atoms with Crippen molar-refractivity contribution in [3.63, 3.8) is 0 Å². The number of rotatable bonds is 8. The molecule has 188 valence electrons. The van der Waals surface area contributed by atoms with Gasteiger partial charge in [-0.2, -0.15) is 18.4 Å². The second-order valence-corrected chi connectivity index (χ2v) is 8.91. The highest BCUT2D eigenvalue weighted by atomic mass is 19.4. The van der Waals surface area contributed by atoms with Gasteiger partial charge in [0.05, 0.1) is 17.2 Å². The van der Waals surface area contributed by atoms with Crippen molar-refractivity contribution in [2.75, 3.05) is 0 Å². The lowest BCUT2D eigenvalue weighted by Crippen LogP contribution is -2.33. The van der Waals surface area contributed by atoms with Gasteiger partial charge in [-0.1, -0.05) is 61.2 Å². The largest absolute Gasteiger partial charge is 0.488 e. The van der Waals surface area contributed by atoms with Gasteiger partial charge in [0.2, 0.25) is 5.89 Å². The molecule has 0 aliphatic heterocycles. The van der Waals surface area contributed by atoms with Crippen molar-refractivity contribution >= 4 is 0 Å². The average Bonchev–Trinajstić information content (AvgIpc) is 3.39. The Bertz CT molecular complexity index is 1430. The third-order valence-electron chi connectivity index (χ3n) is 5.77. The summed E-state index contributed by atoms with van der Waals surface area (Å²) in [5.74, 6) is -0.201. The number of ether oxygens (including phenoxy) is 1. The molecule has 1 atom stereocenters. The molecule has 4 aromatic rings. The number of oxazole rings is 1. The minimum absolute atomic E-state index is 0.0279. The fraction of sp³-hybridized carbons (Fsp3) is 0.172. The van der Waals surface area contributed by atoms with Crippen molar-refractivity contribution in [2.24, 2.45) is 5.73 Å². The van der Waals surface area contributed by atoms with Gasteiger partial charge in [0.25, 0.3) is 0 Å². The van der Waals surface area contributed by atoms with E-state index in [4.69, 9.17) is 20.1 Å². The van der Waals surface area contributed by atoms with E-state index in [-0.39, 0.29) is 41.5 Å². The molecule has 5 nitrogen and oxygen atoms in total. The molecule has 0 aliphatic rings. The molecule has 8 heteroatoms. The van der Waals surface area contributed by atoms with Crippen LogP contribution in [-0.4, -0.2) is 4.98 Å². The number of benzene rings is 3. The van der Waals surface area contributed by atoms with E-state index in [0.717, 1.165) is 22.8 Å². The van der Waals surface area contributed by atoms with E-state index in [1.165, 1.54) is 18.4 Å². The minimum Gasteiger partial charge on any atom is -0.488 e. The van der Waals surface area contributed by atoms with Gasteiger partial charge >= 0.3 is 6.18 Å². The molecule has 0 aliphatic carbocycles. The van der Waals surface area contributed by atoms with Gasteiger partial charge < -0.3 is 14.9 Å². The van der Waals surface area contributed by atoms with Crippen molar-refractivity contribution in [3.05, 3.63) is 108 Å². The summed E-state index contributed by atoms with van der Waals surface area (Å²) in [7, 11) is 0. The second kappa shape index (κ2) is 10.3. The lowest BCUT2D eigenvalue weighted by Gasteiger charge is -2.19. The predicted octanol–water partition coefficient (Wildman–Crippen LogP) is 7.25. The maximum absolute atomic E-state index is 13.9. The lowest BCUT2D eigenvalue weighted by molar-refractivity contribution is -0.139. The molecule has 0 spiro atoms. The van der Waals surface area contributed by atoms with E-state index in [1.807, 2.05) is 60.7 Å². The van der Waals surface area contributed by atoms with E-state index in [9.17, 15) is 13.2 Å². The number of aromatic nitrogens is 1. The summed E-state index contributed by atoms with van der Waals surface area (Å²) in [6.45, 7) is 5.18. The average molecular weight is 504 g/mol. The first-order valence-corrected chi connectivity index (χ1v) is 11.4. The van der Waals surface area contributed by atoms with Gasteiger partial charge in [-0.15, -0.1) is 0 Å². The molecule has 1 heterocycles. The van der Waals surface area contributed by atoms with Crippen LogP contribution in [0.2, 0.25) is 0 Å². The summed E-state index contributed by atoms with van der Waals surface area (Å²) in [5, 5.41) is 8.96. The Hall–Kier alpha value is -4.35. The molecule has 0 amide bonds. The highest BCUT2D eigenvalue weighted by molar-refractivity contribution is 5.64. The van der Waals surface area contributed by atoms with Gasteiger partial charge in [-0.3, -0.25) is 0 Å². The van der Waals surface area contributed by atoms with Crippen LogP contribution in [0.15, 0.2) is 95.6 Å². The standard InChI is InChI=1S/C29H24F3N3O2/c1-19(16-33)15-28(2,34)27-35-25(18-37-27)23-12-13-26(24(14-23)29(30,31)32)36-17-20-8-10-22(11-9-20)21-6-4-3-5-7-21/h3-14,18H,1,15,17,34H2,2H3/t28-/m0/s1. The number of nitrogens with two attached hydrogens (primary N) is 1. The molecule has 2 N–H and O–H groups in total. The summed E-state index contributed by atoms with van der Waals surface area (Å²) in [5.41, 5.74) is 7.52. The Morgan fingerprint density at radius 1 is 1.03 bits per heavy atom. The van der Waals surface area contributed by atoms with Crippen LogP contribution in [0.3, 0.4) is 0 Å². The lowest BCUT2D eigenvalue weighted by atomic mass is 9.95. The Labute approximate surface area is 212 Å². The Kier molecular flexibility index (Phi) is 7.18. The zero-order valence-corrected chi connectivity index (χ0v) is 20.0. The monoisotopic (exact) mass is 503 g/mol. The van der Waals surface area contributed by atoms with Crippen molar-refractivity contribution < 1.29 is 22.3 Å². The minimum atomic E-state index is -4.65. The van der Waals surface area contributed by atoms with Crippen molar-refractivity contribution in [3.8, 4) is 34.2 Å². The number of hydrogen-bond donors (Lipinski definition) is 1. The maximum Gasteiger partial charge on any atom is 0.419 e. The fourth-order valence-electron chi connectivity index (χ4n) is 3.85. The SMILES string of the molecule is C=C(C#N)C[C@](C)(N)c1nc(-c2ccc(OCc3ccc(-c4ccccc4)cc3)c(C(F)(F)F)c2)co1. The van der Waals surface area contributed by atoms with Crippen LogP contribution in [-0.2, 0) is 18.3 Å². The summed E-state index contributed by atoms with van der Waals surface area (Å²) >= 11 is 0. The molecule has 0 radical (unpaired) electrons. The van der Waals surface area contributed by atoms with Crippen LogP contribution >= 0.6 is 0 Å². The molecule has 1 aromatic heterocycles. The second-order valence-electron chi connectivity index (χ2n) is 8.91. The van der Waals surface area contributed by atoms with Crippen LogP contribution in [0.5, 0.6) is 5.75 Å². The van der Waals surface area contributed by atoms with E-state index in [1.54, 1.807) is 6.92 Å². The normalized spacial score (nSPS) is 13.0. The molecule has 0 bridgehead atoms. The topological polar surface area (TPSA) is 85.1 Å². The van der Waals surface area contributed by atoms with Crippen molar-refractivity contribution in [1.29, 1.82) is 5.26 Å². The van der Waals surface area contributed by atoms with Crippen LogP contribution in [0.4, 0.5) is 13.2 Å². The Morgan fingerprint density at radius 2 is 1.68 bits per heavy atom. The van der Waals surface area contributed by atoms with E-state index >= 15 is 0 Å². The molecule has 0 saturated carbocycles. The molecule has 37 heavy (non-hydrogen) atoms. The van der Waals surface area contributed by atoms with Gasteiger partial charge in [0.15, 0.2) is 0 Å². The van der Waals surface area contributed by atoms with Gasteiger partial charge in [0.1, 0.15) is 24.3 Å². The Morgan fingerprint density at radius 3 is 2.32 bits per heavy atom. The van der Waals surface area contributed by atoms with E-state index < -0.39 is 17.3 Å². The van der Waals surface area contributed by atoms with E-state index in [2.05, 4.69) is 11.6 Å².